The Kier molecular flexibility index (Phi) is 2.97. The third-order valence-electron chi connectivity index (χ3n) is 2.10. The molecular weight excluding hydrogens is 273 g/mol. The van der Waals surface area contributed by atoms with Gasteiger partial charge in [-0.05, 0) is 24.3 Å². The zero-order valence-electron chi connectivity index (χ0n) is 8.77. The van der Waals surface area contributed by atoms with Crippen molar-refractivity contribution >= 4 is 16.2 Å². The van der Waals surface area contributed by atoms with E-state index in [1.807, 2.05) is 0 Å². The Hall–Kier alpha value is -1.70. The Labute approximate surface area is 101 Å². The van der Waals surface area contributed by atoms with Crippen molar-refractivity contribution in [2.24, 2.45) is 0 Å². The minimum atomic E-state index is -5.64. The van der Waals surface area contributed by atoms with E-state index in [2.05, 4.69) is 4.18 Å². The summed E-state index contributed by atoms with van der Waals surface area (Å²) in [5, 5.41) is 0. The van der Waals surface area contributed by atoms with E-state index in [0.29, 0.717) is 17.9 Å². The quantitative estimate of drug-likeness (QED) is 0.616. The lowest BCUT2D eigenvalue weighted by Crippen LogP contribution is -2.28. The van der Waals surface area contributed by atoms with Gasteiger partial charge < -0.3 is 8.92 Å². The zero-order chi connectivity index (χ0) is 13.4. The molecule has 2 rings (SSSR count). The molecule has 0 amide bonds. The van der Waals surface area contributed by atoms with Gasteiger partial charge in [0.15, 0.2) is 0 Å². The van der Waals surface area contributed by atoms with Gasteiger partial charge in [0.05, 0.1) is 0 Å². The molecule has 0 radical (unpaired) electrons. The van der Waals surface area contributed by atoms with Crippen LogP contribution in [0, 0.1) is 0 Å². The highest BCUT2D eigenvalue weighted by atomic mass is 32.2. The molecule has 1 aromatic carbocycles. The molecule has 0 fully saturated rings. The van der Waals surface area contributed by atoms with Crippen LogP contribution in [0.4, 0.5) is 13.2 Å². The Morgan fingerprint density at radius 3 is 2.67 bits per heavy atom. The van der Waals surface area contributed by atoms with Gasteiger partial charge in [0.2, 0.25) is 0 Å². The minimum absolute atomic E-state index is 0.355. The number of halogens is 3. The molecule has 4 nitrogen and oxygen atoms in total. The van der Waals surface area contributed by atoms with Crippen LogP contribution in [0.15, 0.2) is 24.3 Å². The first-order valence-electron chi connectivity index (χ1n) is 4.74. The predicted octanol–water partition coefficient (Wildman–Crippen LogP) is 2.32. The summed E-state index contributed by atoms with van der Waals surface area (Å²) in [6, 6.07) is 3.61. The van der Waals surface area contributed by atoms with E-state index in [1.165, 1.54) is 6.07 Å². The number of hydrogen-bond donors (Lipinski definition) is 0. The van der Waals surface area contributed by atoms with Crippen molar-refractivity contribution in [1.29, 1.82) is 0 Å². The molecule has 0 unspecified atom stereocenters. The van der Waals surface area contributed by atoms with E-state index in [9.17, 15) is 21.6 Å². The van der Waals surface area contributed by atoms with Gasteiger partial charge in [-0.15, -0.1) is 0 Å². The number of fused-ring (bicyclic) bond motifs is 1. The Balaban J connectivity index is 2.30. The van der Waals surface area contributed by atoms with Crippen LogP contribution in [-0.2, 0) is 10.1 Å². The first-order valence-corrected chi connectivity index (χ1v) is 6.14. The SMILES string of the molecule is O=S(=O)(Oc1ccc2c(c1)C=CCO2)C(F)(F)F. The van der Waals surface area contributed by atoms with Gasteiger partial charge in [0.25, 0.3) is 0 Å². The smallest absolute Gasteiger partial charge is 0.489 e. The Morgan fingerprint density at radius 1 is 1.28 bits per heavy atom. The molecule has 98 valence electrons. The van der Waals surface area contributed by atoms with Gasteiger partial charge in [-0.2, -0.15) is 21.6 Å². The predicted molar refractivity (Wildman–Crippen MR) is 56.6 cm³/mol. The summed E-state index contributed by atoms with van der Waals surface area (Å²) in [5.41, 5.74) is -4.99. The van der Waals surface area contributed by atoms with Crippen molar-refractivity contribution in [3.63, 3.8) is 0 Å². The standard InChI is InChI=1S/C10H7F3O4S/c11-10(12,13)18(14,15)17-8-3-4-9-7(6-8)2-1-5-16-9/h1-4,6H,5H2. The molecule has 0 aromatic heterocycles. The summed E-state index contributed by atoms with van der Waals surface area (Å²) in [7, 11) is -5.64. The van der Waals surface area contributed by atoms with Gasteiger partial charge in [0, 0.05) is 5.56 Å². The van der Waals surface area contributed by atoms with Gasteiger partial charge in [-0.25, -0.2) is 0 Å². The fourth-order valence-corrected chi connectivity index (χ4v) is 1.78. The van der Waals surface area contributed by atoms with Crippen molar-refractivity contribution in [3.05, 3.63) is 29.8 Å². The van der Waals surface area contributed by atoms with Crippen molar-refractivity contribution < 1.29 is 30.5 Å². The van der Waals surface area contributed by atoms with E-state index >= 15 is 0 Å². The number of alkyl halides is 3. The first kappa shape index (κ1) is 12.7. The number of hydrogen-bond acceptors (Lipinski definition) is 4. The maximum atomic E-state index is 12.1. The third-order valence-corrected chi connectivity index (χ3v) is 3.08. The monoisotopic (exact) mass is 280 g/mol. The molecular formula is C10H7F3O4S. The Morgan fingerprint density at radius 2 is 2.00 bits per heavy atom. The zero-order valence-corrected chi connectivity index (χ0v) is 9.59. The summed E-state index contributed by atoms with van der Waals surface area (Å²) >= 11 is 0. The summed E-state index contributed by atoms with van der Waals surface area (Å²) in [4.78, 5) is 0. The molecule has 1 aromatic rings. The highest BCUT2D eigenvalue weighted by Crippen LogP contribution is 2.31. The largest absolute Gasteiger partial charge is 0.534 e. The summed E-state index contributed by atoms with van der Waals surface area (Å²) in [6.07, 6.45) is 3.25. The van der Waals surface area contributed by atoms with Crippen LogP contribution in [0.3, 0.4) is 0 Å². The summed E-state index contributed by atoms with van der Waals surface area (Å²) < 4.78 is 67.1. The second-order valence-corrected chi connectivity index (χ2v) is 4.93. The molecule has 0 aliphatic carbocycles. The lowest BCUT2D eigenvalue weighted by molar-refractivity contribution is -0.0500. The van der Waals surface area contributed by atoms with Gasteiger partial charge >= 0.3 is 15.6 Å². The highest BCUT2D eigenvalue weighted by molar-refractivity contribution is 7.87. The molecule has 0 spiro atoms. The highest BCUT2D eigenvalue weighted by Gasteiger charge is 2.48. The van der Waals surface area contributed by atoms with Crippen LogP contribution in [0.2, 0.25) is 0 Å². The molecule has 1 aliphatic rings. The van der Waals surface area contributed by atoms with Crippen LogP contribution < -0.4 is 8.92 Å². The maximum Gasteiger partial charge on any atom is 0.534 e. The van der Waals surface area contributed by atoms with Crippen LogP contribution in [0.25, 0.3) is 6.08 Å². The average Bonchev–Trinajstić information content (AvgIpc) is 2.27. The molecule has 1 aliphatic heterocycles. The average molecular weight is 280 g/mol. The van der Waals surface area contributed by atoms with Crippen LogP contribution in [0.1, 0.15) is 5.56 Å². The van der Waals surface area contributed by atoms with E-state index in [0.717, 1.165) is 12.1 Å². The molecule has 1 heterocycles. The molecule has 0 bridgehead atoms. The van der Waals surface area contributed by atoms with Gasteiger partial charge in [-0.1, -0.05) is 6.08 Å². The first-order chi connectivity index (χ1) is 8.29. The number of rotatable bonds is 2. The number of ether oxygens (including phenoxy) is 1. The summed E-state index contributed by atoms with van der Waals surface area (Å²) in [5.74, 6) is 0.0375. The second-order valence-electron chi connectivity index (χ2n) is 3.40. The molecule has 0 N–H and O–H groups in total. The van der Waals surface area contributed by atoms with E-state index in [1.54, 1.807) is 12.2 Å². The van der Waals surface area contributed by atoms with E-state index < -0.39 is 21.4 Å². The molecule has 8 heteroatoms. The third kappa shape index (κ3) is 2.42. The van der Waals surface area contributed by atoms with Crippen LogP contribution in [-0.4, -0.2) is 20.5 Å². The van der Waals surface area contributed by atoms with Gasteiger partial charge in [-0.3, -0.25) is 0 Å². The van der Waals surface area contributed by atoms with Gasteiger partial charge in [0.1, 0.15) is 18.1 Å². The maximum absolute atomic E-state index is 12.1. The topological polar surface area (TPSA) is 52.6 Å². The fraction of sp³-hybridized carbons (Fsp3) is 0.200. The van der Waals surface area contributed by atoms with E-state index in [-0.39, 0.29) is 0 Å². The minimum Gasteiger partial charge on any atom is -0.489 e. The van der Waals surface area contributed by atoms with Crippen LogP contribution >= 0.6 is 0 Å². The molecule has 0 saturated carbocycles. The van der Waals surface area contributed by atoms with Crippen LogP contribution in [0.5, 0.6) is 11.5 Å². The van der Waals surface area contributed by atoms with E-state index in [4.69, 9.17) is 4.74 Å². The lowest BCUT2D eigenvalue weighted by atomic mass is 10.1. The van der Waals surface area contributed by atoms with Crippen molar-refractivity contribution in [1.82, 2.24) is 0 Å². The van der Waals surface area contributed by atoms with Crippen molar-refractivity contribution in [3.8, 4) is 11.5 Å². The number of benzene rings is 1. The second kappa shape index (κ2) is 4.20. The molecule has 18 heavy (non-hydrogen) atoms. The molecule has 0 saturated heterocycles. The normalized spacial score (nSPS) is 14.8. The van der Waals surface area contributed by atoms with Crippen molar-refractivity contribution in [2.45, 2.75) is 5.51 Å². The summed E-state index contributed by atoms with van der Waals surface area (Å²) in [6.45, 7) is 0.355. The fourth-order valence-electron chi connectivity index (χ4n) is 1.33. The lowest BCUT2D eigenvalue weighted by Gasteiger charge is -2.14. The molecule has 0 atom stereocenters. The van der Waals surface area contributed by atoms with Crippen molar-refractivity contribution in [2.75, 3.05) is 6.61 Å². The Bertz CT molecular complexity index is 590.